The fourth-order valence-corrected chi connectivity index (χ4v) is 4.27. The number of carbonyl (C=O) groups is 1. The highest BCUT2D eigenvalue weighted by Crippen LogP contribution is 2.41. The third-order valence-corrected chi connectivity index (χ3v) is 5.24. The van der Waals surface area contributed by atoms with Gasteiger partial charge in [-0.05, 0) is 59.8 Å². The summed E-state index contributed by atoms with van der Waals surface area (Å²) in [7, 11) is 0. The smallest absolute Gasteiger partial charge is 0.323 e. The molecule has 0 saturated carbocycles. The van der Waals surface area contributed by atoms with E-state index in [2.05, 4.69) is 46.4 Å². The lowest BCUT2D eigenvalue weighted by Gasteiger charge is -2.55. The molecule has 0 N–H and O–H groups in total. The van der Waals surface area contributed by atoms with Crippen LogP contribution in [0.3, 0.4) is 0 Å². The Kier molecular flexibility index (Phi) is 8.06. The molecule has 136 valence electrons. The third kappa shape index (κ3) is 5.77. The summed E-state index contributed by atoms with van der Waals surface area (Å²) < 4.78 is 5.57. The van der Waals surface area contributed by atoms with E-state index in [0.29, 0.717) is 6.61 Å². The summed E-state index contributed by atoms with van der Waals surface area (Å²) in [5, 5.41) is 0. The average molecular weight is 326 g/mol. The average Bonchev–Trinajstić information content (AvgIpc) is 2.45. The minimum atomic E-state index is -0.0938. The molecule has 0 aromatic heterocycles. The first-order chi connectivity index (χ1) is 10.8. The number of ether oxygens (including phenoxy) is 1. The molecule has 1 unspecified atom stereocenters. The second-order valence-corrected chi connectivity index (χ2v) is 8.38. The molecule has 0 aliphatic carbocycles. The molecule has 23 heavy (non-hydrogen) atoms. The van der Waals surface area contributed by atoms with E-state index in [4.69, 9.17) is 4.74 Å². The SMILES string of the molecule is CCCCCCC(C(=O)OCCC)N1C(C)(C)CCCC1(C)C. The molecular weight excluding hydrogens is 286 g/mol. The Balaban J connectivity index is 2.92. The monoisotopic (exact) mass is 325 g/mol. The van der Waals surface area contributed by atoms with E-state index in [1.165, 1.54) is 25.7 Å². The first-order valence-corrected chi connectivity index (χ1v) is 9.72. The van der Waals surface area contributed by atoms with Crippen LogP contribution in [0.2, 0.25) is 0 Å². The maximum Gasteiger partial charge on any atom is 0.323 e. The molecule has 1 rings (SSSR count). The number of nitrogens with zero attached hydrogens (tertiary/aromatic N) is 1. The maximum absolute atomic E-state index is 12.8. The predicted molar refractivity (Wildman–Crippen MR) is 97.6 cm³/mol. The van der Waals surface area contributed by atoms with Crippen molar-refractivity contribution in [1.82, 2.24) is 4.90 Å². The van der Waals surface area contributed by atoms with Gasteiger partial charge in [-0.1, -0.05) is 39.5 Å². The van der Waals surface area contributed by atoms with E-state index in [9.17, 15) is 4.79 Å². The second kappa shape index (κ2) is 9.05. The van der Waals surface area contributed by atoms with Crippen molar-refractivity contribution in [2.75, 3.05) is 6.61 Å². The molecule has 0 spiro atoms. The molecule has 0 aromatic rings. The highest BCUT2D eigenvalue weighted by molar-refractivity contribution is 5.76. The minimum absolute atomic E-state index is 0.00796. The van der Waals surface area contributed by atoms with Gasteiger partial charge in [0.2, 0.25) is 0 Å². The minimum Gasteiger partial charge on any atom is -0.465 e. The number of piperidine rings is 1. The van der Waals surface area contributed by atoms with E-state index in [1.807, 2.05) is 0 Å². The van der Waals surface area contributed by atoms with Crippen LogP contribution in [0.25, 0.3) is 0 Å². The Labute approximate surface area is 144 Å². The van der Waals surface area contributed by atoms with Gasteiger partial charge in [-0.3, -0.25) is 9.69 Å². The van der Waals surface area contributed by atoms with E-state index in [-0.39, 0.29) is 23.1 Å². The zero-order valence-electron chi connectivity index (χ0n) is 16.4. The van der Waals surface area contributed by atoms with Crippen molar-refractivity contribution in [3.63, 3.8) is 0 Å². The molecule has 1 fully saturated rings. The van der Waals surface area contributed by atoms with Crippen LogP contribution >= 0.6 is 0 Å². The summed E-state index contributed by atoms with van der Waals surface area (Å²) in [6.07, 6.45) is 10.2. The number of esters is 1. The van der Waals surface area contributed by atoms with Gasteiger partial charge in [-0.25, -0.2) is 0 Å². The largest absolute Gasteiger partial charge is 0.465 e. The zero-order valence-corrected chi connectivity index (χ0v) is 16.4. The Morgan fingerprint density at radius 3 is 2.13 bits per heavy atom. The van der Waals surface area contributed by atoms with Crippen LogP contribution in [0.5, 0.6) is 0 Å². The van der Waals surface area contributed by atoms with Crippen molar-refractivity contribution in [3.8, 4) is 0 Å². The van der Waals surface area contributed by atoms with Crippen LogP contribution in [0.4, 0.5) is 0 Å². The van der Waals surface area contributed by atoms with Gasteiger partial charge >= 0.3 is 5.97 Å². The van der Waals surface area contributed by atoms with Gasteiger partial charge in [0.05, 0.1) is 6.61 Å². The highest BCUT2D eigenvalue weighted by Gasteiger charge is 2.47. The van der Waals surface area contributed by atoms with Crippen molar-refractivity contribution in [1.29, 1.82) is 0 Å². The zero-order chi connectivity index (χ0) is 17.5. The Morgan fingerprint density at radius 1 is 1.00 bits per heavy atom. The molecule has 1 heterocycles. The van der Waals surface area contributed by atoms with Crippen molar-refractivity contribution in [2.24, 2.45) is 0 Å². The molecular formula is C20H39NO2. The molecule has 3 heteroatoms. The lowest BCUT2D eigenvalue weighted by atomic mass is 9.78. The van der Waals surface area contributed by atoms with Gasteiger partial charge in [0, 0.05) is 11.1 Å². The number of hydrogen-bond donors (Lipinski definition) is 0. The fraction of sp³-hybridized carbons (Fsp3) is 0.950. The lowest BCUT2D eigenvalue weighted by Crippen LogP contribution is -2.64. The van der Waals surface area contributed by atoms with Gasteiger partial charge in [0.1, 0.15) is 6.04 Å². The van der Waals surface area contributed by atoms with Gasteiger partial charge < -0.3 is 4.74 Å². The summed E-state index contributed by atoms with van der Waals surface area (Å²) in [4.78, 5) is 15.3. The Morgan fingerprint density at radius 2 is 1.61 bits per heavy atom. The predicted octanol–water partition coefficient (Wildman–Crippen LogP) is 5.32. The molecule has 0 radical (unpaired) electrons. The van der Waals surface area contributed by atoms with Gasteiger partial charge in [0.15, 0.2) is 0 Å². The topological polar surface area (TPSA) is 29.5 Å². The van der Waals surface area contributed by atoms with Gasteiger partial charge in [0.25, 0.3) is 0 Å². The van der Waals surface area contributed by atoms with Crippen LogP contribution in [-0.2, 0) is 9.53 Å². The van der Waals surface area contributed by atoms with Crippen LogP contribution in [0, 0.1) is 0 Å². The maximum atomic E-state index is 12.8. The number of likely N-dealkylation sites (tertiary alicyclic amines) is 1. The molecule has 1 atom stereocenters. The van der Waals surface area contributed by atoms with E-state index in [0.717, 1.165) is 32.1 Å². The summed E-state index contributed by atoms with van der Waals surface area (Å²) in [5.41, 5.74) is 0.116. The number of rotatable bonds is 9. The van der Waals surface area contributed by atoms with Crippen LogP contribution in [0.15, 0.2) is 0 Å². The molecule has 1 aliphatic rings. The standard InChI is InChI=1S/C20H39NO2/c1-7-9-10-11-13-17(18(22)23-16-8-2)21-19(3,4)14-12-15-20(21,5)6/h17H,7-16H2,1-6H3. The number of carbonyl (C=O) groups excluding carboxylic acids is 1. The third-order valence-electron chi connectivity index (χ3n) is 5.24. The molecule has 0 amide bonds. The Hall–Kier alpha value is -0.570. The summed E-state index contributed by atoms with van der Waals surface area (Å²) >= 11 is 0. The van der Waals surface area contributed by atoms with Crippen molar-refractivity contribution >= 4 is 5.97 Å². The summed E-state index contributed by atoms with van der Waals surface area (Å²) in [6, 6.07) is -0.0938. The summed E-state index contributed by atoms with van der Waals surface area (Å²) in [5.74, 6) is -0.00796. The first kappa shape index (κ1) is 20.5. The second-order valence-electron chi connectivity index (χ2n) is 8.38. The van der Waals surface area contributed by atoms with Crippen LogP contribution in [-0.4, -0.2) is 34.6 Å². The highest BCUT2D eigenvalue weighted by atomic mass is 16.5. The Bertz CT molecular complexity index is 347. The molecule has 0 bridgehead atoms. The van der Waals surface area contributed by atoms with Crippen molar-refractivity contribution in [3.05, 3.63) is 0 Å². The van der Waals surface area contributed by atoms with E-state index < -0.39 is 0 Å². The number of hydrogen-bond acceptors (Lipinski definition) is 3. The van der Waals surface area contributed by atoms with Crippen LogP contribution in [0.1, 0.15) is 99.3 Å². The summed E-state index contributed by atoms with van der Waals surface area (Å²) in [6.45, 7) is 14.0. The normalized spacial score (nSPS) is 21.8. The quantitative estimate of drug-likeness (QED) is 0.424. The van der Waals surface area contributed by atoms with Crippen LogP contribution < -0.4 is 0 Å². The fourth-order valence-electron chi connectivity index (χ4n) is 4.27. The van der Waals surface area contributed by atoms with Gasteiger partial charge in [-0.2, -0.15) is 0 Å². The molecule has 1 aliphatic heterocycles. The number of unbranched alkanes of at least 4 members (excludes halogenated alkanes) is 3. The first-order valence-electron chi connectivity index (χ1n) is 9.72. The lowest BCUT2D eigenvalue weighted by molar-refractivity contribution is -0.161. The van der Waals surface area contributed by atoms with Crippen molar-refractivity contribution in [2.45, 2.75) is 116 Å². The van der Waals surface area contributed by atoms with E-state index in [1.54, 1.807) is 0 Å². The molecule has 3 nitrogen and oxygen atoms in total. The van der Waals surface area contributed by atoms with Crippen molar-refractivity contribution < 1.29 is 9.53 Å². The molecule has 0 aromatic carbocycles. The molecule has 1 saturated heterocycles. The van der Waals surface area contributed by atoms with Gasteiger partial charge in [-0.15, -0.1) is 0 Å². The van der Waals surface area contributed by atoms with E-state index >= 15 is 0 Å².